The van der Waals surface area contributed by atoms with E-state index in [1.54, 1.807) is 0 Å². The number of nitrogens with zero attached hydrogens (tertiary/aromatic N) is 1. The zero-order chi connectivity index (χ0) is 8.01. The van der Waals surface area contributed by atoms with Crippen LogP contribution >= 0.6 is 11.8 Å². The van der Waals surface area contributed by atoms with E-state index in [2.05, 4.69) is 0 Å². The zero-order valence-corrected chi connectivity index (χ0v) is 6.30. The molecule has 1 atom stereocenters. The summed E-state index contributed by atoms with van der Waals surface area (Å²) in [5.74, 6) is -1.11. The van der Waals surface area contributed by atoms with E-state index in [-0.39, 0.29) is 17.0 Å². The maximum Gasteiger partial charge on any atom is 0.353 e. The molecule has 4 nitrogen and oxygen atoms in total. The Balaban J connectivity index is 2.24. The highest BCUT2D eigenvalue weighted by Crippen LogP contribution is 2.40. The van der Waals surface area contributed by atoms with Crippen LogP contribution in [0.5, 0.6) is 0 Å². The lowest BCUT2D eigenvalue weighted by atomic mass is 10.2. The van der Waals surface area contributed by atoms with E-state index in [0.717, 1.165) is 0 Å². The molecule has 1 amide bonds. The Kier molecular flexibility index (Phi) is 1.23. The number of hydrogen-bond acceptors (Lipinski definition) is 3. The summed E-state index contributed by atoms with van der Waals surface area (Å²) < 4.78 is 0. The van der Waals surface area contributed by atoms with Crippen LogP contribution in [0.25, 0.3) is 0 Å². The molecule has 0 radical (unpaired) electrons. The highest BCUT2D eigenvalue weighted by Gasteiger charge is 2.44. The molecular weight excluding hydrogens is 166 g/mol. The van der Waals surface area contributed by atoms with Gasteiger partial charge < -0.3 is 5.11 Å². The summed E-state index contributed by atoms with van der Waals surface area (Å²) in [4.78, 5) is 22.6. The number of hydrogen-bond donors (Lipinski definition) is 1. The molecule has 1 fully saturated rings. The molecule has 0 saturated carbocycles. The van der Waals surface area contributed by atoms with Gasteiger partial charge in [0, 0.05) is 5.41 Å². The van der Waals surface area contributed by atoms with Crippen LogP contribution in [0.2, 0.25) is 0 Å². The predicted octanol–water partition coefficient (Wildman–Crippen LogP) is 0.218. The largest absolute Gasteiger partial charge is 0.477 e. The molecule has 0 aromatic carbocycles. The number of carbonyl (C=O) groups excluding carboxylic acids is 1. The first-order valence-electron chi connectivity index (χ1n) is 3.11. The van der Waals surface area contributed by atoms with Crippen molar-refractivity contribution in [2.45, 2.75) is 11.8 Å². The number of carboxylic acids is 1. The Hall–Kier alpha value is -0.970. The number of carbonyl (C=O) groups is 2. The lowest BCUT2D eigenvalue weighted by Crippen LogP contribution is -2.48. The van der Waals surface area contributed by atoms with Crippen LogP contribution in [-0.4, -0.2) is 27.3 Å². The van der Waals surface area contributed by atoms with Crippen molar-refractivity contribution in [2.24, 2.45) is 0 Å². The van der Waals surface area contributed by atoms with Crippen LogP contribution in [0.1, 0.15) is 6.42 Å². The number of carboxylic acid groups (broad SMARTS) is 1. The fraction of sp³-hybridized carbons (Fsp3) is 0.333. The first kappa shape index (κ1) is 6.72. The predicted molar refractivity (Wildman–Crippen MR) is 38.6 cm³/mol. The van der Waals surface area contributed by atoms with Crippen LogP contribution in [0.4, 0.5) is 0 Å². The third-order valence-electron chi connectivity index (χ3n) is 1.72. The van der Waals surface area contributed by atoms with Gasteiger partial charge in [-0.15, -0.1) is 11.8 Å². The fourth-order valence-corrected chi connectivity index (χ4v) is 2.23. The summed E-state index contributed by atoms with van der Waals surface area (Å²) in [6.45, 7) is 0. The summed E-state index contributed by atoms with van der Waals surface area (Å²) in [5.41, 5.74) is 0.122. The smallest absolute Gasteiger partial charge is 0.353 e. The number of β-lactam (4-membered cyclic amide) rings is 1. The van der Waals surface area contributed by atoms with Gasteiger partial charge in [0.2, 0.25) is 5.91 Å². The summed E-state index contributed by atoms with van der Waals surface area (Å²) >= 11 is 1.39. The van der Waals surface area contributed by atoms with Gasteiger partial charge in [-0.2, -0.15) is 0 Å². The van der Waals surface area contributed by atoms with Gasteiger partial charge in [-0.05, 0) is 0 Å². The minimum Gasteiger partial charge on any atom is -0.477 e. The molecule has 0 spiro atoms. The van der Waals surface area contributed by atoms with Crippen LogP contribution in [0.15, 0.2) is 11.1 Å². The van der Waals surface area contributed by atoms with Gasteiger partial charge in [-0.3, -0.25) is 9.69 Å². The van der Waals surface area contributed by atoms with Crippen LogP contribution in [-0.2, 0) is 9.59 Å². The standard InChI is InChI=1S/C6H5NO3S/c8-4-1-5-7(4)3(2-11-5)6(9)10/h2,5H,1H2,(H,9,10). The third kappa shape index (κ3) is 0.773. The van der Waals surface area contributed by atoms with Gasteiger partial charge in [0.1, 0.15) is 5.70 Å². The van der Waals surface area contributed by atoms with Gasteiger partial charge in [0.25, 0.3) is 0 Å². The van der Waals surface area contributed by atoms with Gasteiger partial charge >= 0.3 is 5.97 Å². The average Bonchev–Trinajstić information content (AvgIpc) is 2.25. The van der Waals surface area contributed by atoms with E-state index < -0.39 is 5.97 Å². The first-order chi connectivity index (χ1) is 5.20. The number of amides is 1. The van der Waals surface area contributed by atoms with Crippen molar-refractivity contribution in [1.82, 2.24) is 4.90 Å². The molecule has 1 N–H and O–H groups in total. The molecule has 11 heavy (non-hydrogen) atoms. The van der Waals surface area contributed by atoms with Gasteiger partial charge in [0.05, 0.1) is 11.8 Å². The molecule has 2 heterocycles. The molecule has 1 saturated heterocycles. The van der Waals surface area contributed by atoms with E-state index in [0.29, 0.717) is 6.42 Å². The van der Waals surface area contributed by atoms with E-state index in [9.17, 15) is 9.59 Å². The SMILES string of the molecule is O=C(O)C1=CSC2CC(=O)N12. The number of thioether (sulfide) groups is 1. The molecule has 1 unspecified atom stereocenters. The van der Waals surface area contributed by atoms with Crippen molar-refractivity contribution in [3.05, 3.63) is 11.1 Å². The minimum atomic E-state index is -1.02. The monoisotopic (exact) mass is 171 g/mol. The van der Waals surface area contributed by atoms with Crippen LogP contribution in [0.3, 0.4) is 0 Å². The number of fused-ring (bicyclic) bond motifs is 1. The normalized spacial score (nSPS) is 27.6. The maximum atomic E-state index is 10.8. The molecule has 2 aliphatic rings. The number of aliphatic carboxylic acids is 1. The van der Waals surface area contributed by atoms with Gasteiger partial charge in [-0.25, -0.2) is 4.79 Å². The molecule has 2 aliphatic heterocycles. The summed E-state index contributed by atoms with van der Waals surface area (Å²) in [5, 5.41) is 10.2. The molecule has 0 aliphatic carbocycles. The topological polar surface area (TPSA) is 57.6 Å². The van der Waals surface area contributed by atoms with Crippen LogP contribution < -0.4 is 0 Å². The summed E-state index contributed by atoms with van der Waals surface area (Å²) in [6, 6.07) is 0. The second-order valence-corrected chi connectivity index (χ2v) is 3.42. The molecule has 58 valence electrons. The summed E-state index contributed by atoms with van der Waals surface area (Å²) in [6.07, 6.45) is 0.470. The van der Waals surface area contributed by atoms with Crippen LogP contribution in [0, 0.1) is 0 Å². The minimum absolute atomic E-state index is 0.0635. The Morgan fingerprint density at radius 2 is 2.55 bits per heavy atom. The quantitative estimate of drug-likeness (QED) is 0.573. The van der Waals surface area contributed by atoms with E-state index in [1.165, 1.54) is 22.1 Å². The highest BCUT2D eigenvalue weighted by molar-refractivity contribution is 8.03. The van der Waals surface area contributed by atoms with Gasteiger partial charge in [-0.1, -0.05) is 0 Å². The summed E-state index contributed by atoms with van der Waals surface area (Å²) in [7, 11) is 0. The lowest BCUT2D eigenvalue weighted by Gasteiger charge is -2.34. The molecule has 0 bridgehead atoms. The maximum absolute atomic E-state index is 10.8. The molecule has 0 aromatic heterocycles. The first-order valence-corrected chi connectivity index (χ1v) is 4.05. The van der Waals surface area contributed by atoms with Crippen molar-refractivity contribution in [3.8, 4) is 0 Å². The average molecular weight is 171 g/mol. The molecular formula is C6H5NO3S. The van der Waals surface area contributed by atoms with Crippen molar-refractivity contribution in [2.75, 3.05) is 0 Å². The van der Waals surface area contributed by atoms with E-state index in [1.807, 2.05) is 0 Å². The Labute approximate surface area is 66.9 Å². The zero-order valence-electron chi connectivity index (χ0n) is 5.48. The third-order valence-corrected chi connectivity index (χ3v) is 2.77. The lowest BCUT2D eigenvalue weighted by molar-refractivity contribution is -0.145. The van der Waals surface area contributed by atoms with Crippen molar-refractivity contribution >= 4 is 23.6 Å². The molecule has 2 rings (SSSR count). The van der Waals surface area contributed by atoms with Crippen molar-refractivity contribution in [1.29, 1.82) is 0 Å². The van der Waals surface area contributed by atoms with E-state index >= 15 is 0 Å². The highest BCUT2D eigenvalue weighted by atomic mass is 32.2. The van der Waals surface area contributed by atoms with Crippen molar-refractivity contribution < 1.29 is 14.7 Å². The van der Waals surface area contributed by atoms with Crippen molar-refractivity contribution in [3.63, 3.8) is 0 Å². The molecule has 5 heteroatoms. The second kappa shape index (κ2) is 2.01. The van der Waals surface area contributed by atoms with E-state index in [4.69, 9.17) is 5.11 Å². The second-order valence-electron chi connectivity index (χ2n) is 2.37. The number of rotatable bonds is 1. The van der Waals surface area contributed by atoms with Gasteiger partial charge in [0.15, 0.2) is 0 Å². The Morgan fingerprint density at radius 3 is 3.00 bits per heavy atom. The fourth-order valence-electron chi connectivity index (χ4n) is 1.14. The molecule has 0 aromatic rings. The Morgan fingerprint density at radius 1 is 1.82 bits per heavy atom. The Bertz CT molecular complexity index is 273.